The molecule has 0 aromatic rings. The summed E-state index contributed by atoms with van der Waals surface area (Å²) < 4.78 is 6.57. The summed E-state index contributed by atoms with van der Waals surface area (Å²) in [7, 11) is -1.71. The second kappa shape index (κ2) is 4.85. The summed E-state index contributed by atoms with van der Waals surface area (Å²) >= 11 is 0. The molecule has 0 amide bonds. The van der Waals surface area contributed by atoms with Gasteiger partial charge in [-0.05, 0) is 49.2 Å². The van der Waals surface area contributed by atoms with Crippen molar-refractivity contribution in [3.63, 3.8) is 0 Å². The first-order chi connectivity index (χ1) is 8.21. The molecule has 1 aliphatic rings. The minimum absolute atomic E-state index is 0.0856. The van der Waals surface area contributed by atoms with Crippen LogP contribution in [-0.4, -0.2) is 25.1 Å². The van der Waals surface area contributed by atoms with Crippen molar-refractivity contribution in [2.45, 2.75) is 91.1 Å². The summed E-state index contributed by atoms with van der Waals surface area (Å²) in [5.41, 5.74) is -0.683. The van der Waals surface area contributed by atoms with Crippen LogP contribution in [-0.2, 0) is 4.43 Å². The van der Waals surface area contributed by atoms with Crippen LogP contribution < -0.4 is 0 Å². The Morgan fingerprint density at radius 3 is 2.00 bits per heavy atom. The molecule has 0 heterocycles. The molecule has 0 aromatic heterocycles. The highest BCUT2D eigenvalue weighted by Crippen LogP contribution is 2.49. The summed E-state index contributed by atoms with van der Waals surface area (Å²) in [6.45, 7) is 20.0. The molecular formula is C16H34O2Si. The lowest BCUT2D eigenvalue weighted by atomic mass is 9.61. The normalized spacial score (nSPS) is 36.3. The van der Waals surface area contributed by atoms with E-state index in [1.165, 1.54) is 0 Å². The molecule has 114 valence electrons. The Hall–Kier alpha value is 0.137. The van der Waals surface area contributed by atoms with Crippen LogP contribution in [0.4, 0.5) is 0 Å². The Labute approximate surface area is 121 Å². The maximum atomic E-state index is 10.7. The Bertz CT molecular complexity index is 326. The molecule has 1 aliphatic carbocycles. The molecule has 0 spiro atoms. The van der Waals surface area contributed by atoms with Crippen molar-refractivity contribution in [3.8, 4) is 0 Å². The van der Waals surface area contributed by atoms with E-state index in [1.807, 2.05) is 6.92 Å². The molecule has 1 saturated carbocycles. The fourth-order valence-corrected chi connectivity index (χ4v) is 4.20. The largest absolute Gasteiger partial charge is 0.414 e. The lowest BCUT2D eigenvalue weighted by Crippen LogP contribution is -2.56. The van der Waals surface area contributed by atoms with Crippen molar-refractivity contribution < 1.29 is 9.53 Å². The Morgan fingerprint density at radius 1 is 1.16 bits per heavy atom. The third kappa shape index (κ3) is 3.25. The van der Waals surface area contributed by atoms with E-state index in [0.717, 1.165) is 12.8 Å². The minimum Gasteiger partial charge on any atom is -0.414 e. The summed E-state index contributed by atoms with van der Waals surface area (Å²) in [5, 5.41) is 11.0. The Morgan fingerprint density at radius 2 is 1.63 bits per heavy atom. The highest BCUT2D eigenvalue weighted by molar-refractivity contribution is 6.74. The summed E-state index contributed by atoms with van der Waals surface area (Å²) in [5.74, 6) is 0.283. The molecule has 0 aliphatic heterocycles. The zero-order chi connectivity index (χ0) is 15.3. The van der Waals surface area contributed by atoms with Crippen LogP contribution in [0.1, 0.15) is 61.3 Å². The fraction of sp³-hybridized carbons (Fsp3) is 1.00. The van der Waals surface area contributed by atoms with Gasteiger partial charge in [-0.2, -0.15) is 0 Å². The topological polar surface area (TPSA) is 29.5 Å². The lowest BCUT2D eigenvalue weighted by molar-refractivity contribution is -0.145. The molecule has 0 unspecified atom stereocenters. The van der Waals surface area contributed by atoms with Crippen LogP contribution >= 0.6 is 0 Å². The number of hydrogen-bond donors (Lipinski definition) is 1. The van der Waals surface area contributed by atoms with Gasteiger partial charge in [-0.15, -0.1) is 0 Å². The van der Waals surface area contributed by atoms with E-state index in [2.05, 4.69) is 54.6 Å². The number of rotatable bonds is 2. The van der Waals surface area contributed by atoms with Gasteiger partial charge < -0.3 is 9.53 Å². The predicted molar refractivity (Wildman–Crippen MR) is 84.9 cm³/mol. The first-order valence-corrected chi connectivity index (χ1v) is 10.5. The Balaban J connectivity index is 2.85. The van der Waals surface area contributed by atoms with E-state index >= 15 is 0 Å². The van der Waals surface area contributed by atoms with Crippen molar-refractivity contribution in [2.75, 3.05) is 0 Å². The molecule has 2 nitrogen and oxygen atoms in total. The molecule has 0 bridgehead atoms. The number of aliphatic hydroxyl groups is 1. The van der Waals surface area contributed by atoms with Crippen molar-refractivity contribution in [3.05, 3.63) is 0 Å². The van der Waals surface area contributed by atoms with Gasteiger partial charge in [0.25, 0.3) is 0 Å². The highest BCUT2D eigenvalue weighted by atomic mass is 28.4. The predicted octanol–water partition coefficient (Wildman–Crippen LogP) is 4.58. The second-order valence-electron chi connectivity index (χ2n) is 8.87. The van der Waals surface area contributed by atoms with Crippen molar-refractivity contribution >= 4 is 8.32 Å². The first kappa shape index (κ1) is 17.2. The van der Waals surface area contributed by atoms with Gasteiger partial charge in [-0.1, -0.05) is 41.5 Å². The van der Waals surface area contributed by atoms with Crippen LogP contribution in [0, 0.1) is 11.3 Å². The van der Waals surface area contributed by atoms with Gasteiger partial charge in [-0.3, -0.25) is 0 Å². The molecule has 0 radical (unpaired) electrons. The standard InChI is InChI=1S/C16H34O2Si/c1-12-10-13(11-15(5,6)16(12,7)17)18-19(8,9)14(2,3)4/h12-13,17H,10-11H2,1-9H3/t12-,13+,16-/m0/s1. The zero-order valence-electron chi connectivity index (χ0n) is 14.4. The van der Waals surface area contributed by atoms with E-state index in [-0.39, 0.29) is 16.4 Å². The smallest absolute Gasteiger partial charge is 0.192 e. The fourth-order valence-electron chi connectivity index (χ4n) is 2.83. The zero-order valence-corrected chi connectivity index (χ0v) is 15.4. The van der Waals surface area contributed by atoms with E-state index in [9.17, 15) is 5.11 Å². The van der Waals surface area contributed by atoms with Crippen LogP contribution in [0.15, 0.2) is 0 Å². The lowest BCUT2D eigenvalue weighted by Gasteiger charge is -2.53. The van der Waals surface area contributed by atoms with Crippen molar-refractivity contribution in [1.82, 2.24) is 0 Å². The first-order valence-electron chi connectivity index (χ1n) is 7.61. The SMILES string of the molecule is C[C@H]1C[C@@H](O[Si](C)(C)C(C)(C)C)CC(C)(C)[C@@]1(C)O. The Kier molecular flexibility index (Phi) is 4.39. The van der Waals surface area contributed by atoms with Gasteiger partial charge in [0.15, 0.2) is 8.32 Å². The average Bonchev–Trinajstić information content (AvgIpc) is 2.11. The third-order valence-electron chi connectivity index (χ3n) is 5.95. The molecule has 1 fully saturated rings. The summed E-state index contributed by atoms with van der Waals surface area (Å²) in [6.07, 6.45) is 2.23. The van der Waals surface area contributed by atoms with Gasteiger partial charge in [0, 0.05) is 6.10 Å². The van der Waals surface area contributed by atoms with Crippen molar-refractivity contribution in [1.29, 1.82) is 0 Å². The molecule has 19 heavy (non-hydrogen) atoms. The van der Waals surface area contributed by atoms with Gasteiger partial charge >= 0.3 is 0 Å². The summed E-state index contributed by atoms with van der Waals surface area (Å²) in [4.78, 5) is 0. The molecule has 3 heteroatoms. The van der Waals surface area contributed by atoms with Gasteiger partial charge in [0.05, 0.1) is 5.60 Å². The van der Waals surface area contributed by atoms with Crippen molar-refractivity contribution in [2.24, 2.45) is 11.3 Å². The van der Waals surface area contributed by atoms with E-state index < -0.39 is 13.9 Å². The molecular weight excluding hydrogens is 252 g/mol. The summed E-state index contributed by atoms with van der Waals surface area (Å²) in [6, 6.07) is 0. The molecule has 1 N–H and O–H groups in total. The van der Waals surface area contributed by atoms with Crippen LogP contribution in [0.25, 0.3) is 0 Å². The molecule has 3 atom stereocenters. The third-order valence-corrected chi connectivity index (χ3v) is 10.5. The molecule has 0 saturated heterocycles. The van der Waals surface area contributed by atoms with Gasteiger partial charge in [-0.25, -0.2) is 0 Å². The number of hydrogen-bond acceptors (Lipinski definition) is 2. The van der Waals surface area contributed by atoms with Crippen LogP contribution in [0.5, 0.6) is 0 Å². The van der Waals surface area contributed by atoms with Gasteiger partial charge in [0.1, 0.15) is 0 Å². The average molecular weight is 287 g/mol. The van der Waals surface area contributed by atoms with E-state index in [1.54, 1.807) is 0 Å². The highest BCUT2D eigenvalue weighted by Gasteiger charge is 2.51. The van der Waals surface area contributed by atoms with Crippen LogP contribution in [0.2, 0.25) is 18.1 Å². The maximum Gasteiger partial charge on any atom is 0.192 e. The molecule has 0 aromatic carbocycles. The van der Waals surface area contributed by atoms with E-state index in [0.29, 0.717) is 6.10 Å². The second-order valence-corrected chi connectivity index (χ2v) is 13.6. The molecule has 1 rings (SSSR count). The minimum atomic E-state index is -1.71. The van der Waals surface area contributed by atoms with Gasteiger partial charge in [0.2, 0.25) is 0 Å². The quantitative estimate of drug-likeness (QED) is 0.753. The van der Waals surface area contributed by atoms with Crippen LogP contribution in [0.3, 0.4) is 0 Å². The maximum absolute atomic E-state index is 10.7. The van der Waals surface area contributed by atoms with E-state index in [4.69, 9.17) is 4.43 Å². The monoisotopic (exact) mass is 286 g/mol.